The normalized spacial score (nSPS) is 17.6. The van der Waals surface area contributed by atoms with Crippen molar-refractivity contribution in [2.75, 3.05) is 18.0 Å². The predicted octanol–water partition coefficient (Wildman–Crippen LogP) is 2.69. The van der Waals surface area contributed by atoms with Crippen LogP contribution < -0.4 is 15.6 Å². The van der Waals surface area contributed by atoms with Gasteiger partial charge in [-0.25, -0.2) is 14.2 Å². The highest BCUT2D eigenvalue weighted by atomic mass is 19.1. The molecule has 3 heterocycles. The lowest BCUT2D eigenvalue weighted by atomic mass is 10.1. The van der Waals surface area contributed by atoms with Crippen molar-refractivity contribution in [2.24, 2.45) is 0 Å². The van der Waals surface area contributed by atoms with Crippen LogP contribution in [-0.4, -0.2) is 40.2 Å². The first-order chi connectivity index (χ1) is 13.9. The van der Waals surface area contributed by atoms with Gasteiger partial charge in [0.1, 0.15) is 11.2 Å². The molecule has 2 aromatic heterocycles. The van der Waals surface area contributed by atoms with Crippen LogP contribution in [0.1, 0.15) is 35.3 Å². The molecule has 0 aliphatic carbocycles. The molecule has 0 saturated carbocycles. The van der Waals surface area contributed by atoms with Crippen LogP contribution in [0.4, 0.5) is 10.2 Å². The minimum atomic E-state index is -1.36. The average Bonchev–Trinajstić information content (AvgIpc) is 3.17. The predicted molar refractivity (Wildman–Crippen MR) is 108 cm³/mol. The van der Waals surface area contributed by atoms with Crippen LogP contribution in [0.3, 0.4) is 0 Å². The van der Waals surface area contributed by atoms with E-state index in [9.17, 15) is 14.0 Å². The molecule has 0 bridgehead atoms. The van der Waals surface area contributed by atoms with E-state index in [-0.39, 0.29) is 28.9 Å². The van der Waals surface area contributed by atoms with Crippen molar-refractivity contribution < 1.29 is 14.3 Å². The monoisotopic (exact) mass is 396 g/mol. The van der Waals surface area contributed by atoms with E-state index < -0.39 is 22.8 Å². The third-order valence-corrected chi connectivity index (χ3v) is 5.30. The number of H-pyrrole nitrogens is 1. The number of rotatable bonds is 5. The number of pyridine rings is 2. The Hall–Kier alpha value is -3.26. The molecule has 1 aliphatic heterocycles. The van der Waals surface area contributed by atoms with Gasteiger partial charge in [-0.3, -0.25) is 4.79 Å². The molecule has 1 saturated heterocycles. The number of anilines is 1. The van der Waals surface area contributed by atoms with Gasteiger partial charge in [-0.15, -0.1) is 0 Å². The van der Waals surface area contributed by atoms with E-state index in [0.29, 0.717) is 13.1 Å². The number of carboxylic acid groups (broad SMARTS) is 1. The van der Waals surface area contributed by atoms with Gasteiger partial charge in [0.2, 0.25) is 5.43 Å². The molecule has 150 valence electrons. The van der Waals surface area contributed by atoms with E-state index in [1.165, 1.54) is 5.56 Å². The number of hydrogen-bond donors (Lipinski definition) is 3. The van der Waals surface area contributed by atoms with Crippen LogP contribution in [0.15, 0.2) is 47.4 Å². The molecule has 7 nitrogen and oxygen atoms in total. The van der Waals surface area contributed by atoms with Gasteiger partial charge >= 0.3 is 5.97 Å². The molecule has 1 aliphatic rings. The second kappa shape index (κ2) is 7.63. The third-order valence-electron chi connectivity index (χ3n) is 5.30. The molecular weight excluding hydrogens is 375 g/mol. The molecule has 2 unspecified atom stereocenters. The standard InChI is InChI=1S/C21H21FN4O3/c1-12(13-5-3-2-4-6-13)24-14-7-8-26(11-14)20-17(22)9-15-18(27)16(21(28)29)10-23-19(15)25-20/h2-6,9-10,12,14,24H,7-8,11H2,1H3,(H,28,29)(H,23,25,27). The number of aromatic nitrogens is 2. The van der Waals surface area contributed by atoms with Crippen molar-refractivity contribution in [3.8, 4) is 0 Å². The van der Waals surface area contributed by atoms with Crippen LogP contribution in [0, 0.1) is 5.82 Å². The van der Waals surface area contributed by atoms with Crippen molar-refractivity contribution in [3.63, 3.8) is 0 Å². The van der Waals surface area contributed by atoms with Crippen LogP contribution >= 0.6 is 0 Å². The molecule has 3 N–H and O–H groups in total. The summed E-state index contributed by atoms with van der Waals surface area (Å²) < 4.78 is 14.7. The number of fused-ring (bicyclic) bond motifs is 1. The fourth-order valence-corrected chi connectivity index (χ4v) is 3.77. The van der Waals surface area contributed by atoms with Crippen molar-refractivity contribution in [2.45, 2.75) is 25.4 Å². The van der Waals surface area contributed by atoms with Gasteiger partial charge in [-0.2, -0.15) is 0 Å². The molecule has 0 radical (unpaired) electrons. The molecule has 1 aromatic carbocycles. The maximum absolute atomic E-state index is 14.7. The Bertz CT molecular complexity index is 1120. The minimum Gasteiger partial charge on any atom is -0.477 e. The summed E-state index contributed by atoms with van der Waals surface area (Å²) in [6, 6.07) is 11.5. The molecule has 8 heteroatoms. The van der Waals surface area contributed by atoms with Gasteiger partial charge in [0.15, 0.2) is 11.6 Å². The van der Waals surface area contributed by atoms with E-state index in [0.717, 1.165) is 18.7 Å². The Morgan fingerprint density at radius 3 is 2.86 bits per heavy atom. The Balaban J connectivity index is 1.54. The lowest BCUT2D eigenvalue weighted by molar-refractivity contribution is 0.0695. The number of aromatic carboxylic acids is 1. The molecule has 29 heavy (non-hydrogen) atoms. The third kappa shape index (κ3) is 3.71. The minimum absolute atomic E-state index is 0.0716. The molecule has 2 atom stereocenters. The van der Waals surface area contributed by atoms with Gasteiger partial charge in [0.05, 0.1) is 5.39 Å². The van der Waals surface area contributed by atoms with Gasteiger partial charge in [-0.05, 0) is 25.0 Å². The SMILES string of the molecule is CC(NC1CCN(c2nc3[nH]cc(C(=O)O)c(=O)c3cc2F)C1)c1ccccc1. The van der Waals surface area contributed by atoms with E-state index in [1.807, 2.05) is 23.1 Å². The number of aromatic amines is 1. The van der Waals surface area contributed by atoms with Gasteiger partial charge in [-0.1, -0.05) is 30.3 Å². The highest BCUT2D eigenvalue weighted by Crippen LogP contribution is 2.25. The fraction of sp³-hybridized carbons (Fsp3) is 0.286. The van der Waals surface area contributed by atoms with Crippen molar-refractivity contribution >= 4 is 22.8 Å². The molecule has 1 fully saturated rings. The largest absolute Gasteiger partial charge is 0.477 e. The van der Waals surface area contributed by atoms with Crippen LogP contribution in [0.25, 0.3) is 11.0 Å². The Labute approximate surface area is 166 Å². The fourth-order valence-electron chi connectivity index (χ4n) is 3.77. The first kappa shape index (κ1) is 19.1. The lowest BCUT2D eigenvalue weighted by Crippen LogP contribution is -2.34. The maximum Gasteiger partial charge on any atom is 0.341 e. The number of nitrogens with zero attached hydrogens (tertiary/aromatic N) is 2. The average molecular weight is 396 g/mol. The van der Waals surface area contributed by atoms with Gasteiger partial charge in [0, 0.05) is 31.4 Å². The number of carbonyl (C=O) groups is 1. The lowest BCUT2D eigenvalue weighted by Gasteiger charge is -2.22. The van der Waals surface area contributed by atoms with Crippen molar-refractivity contribution in [1.29, 1.82) is 0 Å². The van der Waals surface area contributed by atoms with Gasteiger partial charge < -0.3 is 20.3 Å². The smallest absolute Gasteiger partial charge is 0.341 e. The Morgan fingerprint density at radius 2 is 2.14 bits per heavy atom. The van der Waals surface area contributed by atoms with E-state index in [2.05, 4.69) is 34.3 Å². The van der Waals surface area contributed by atoms with Crippen LogP contribution in [0.5, 0.6) is 0 Å². The zero-order valence-electron chi connectivity index (χ0n) is 15.9. The highest BCUT2D eigenvalue weighted by Gasteiger charge is 2.27. The Morgan fingerprint density at radius 1 is 1.38 bits per heavy atom. The van der Waals surface area contributed by atoms with Crippen LogP contribution in [-0.2, 0) is 0 Å². The number of hydrogen-bond acceptors (Lipinski definition) is 5. The summed E-state index contributed by atoms with van der Waals surface area (Å²) in [5.41, 5.74) is 0.173. The molecule has 4 rings (SSSR count). The van der Waals surface area contributed by atoms with E-state index >= 15 is 0 Å². The summed E-state index contributed by atoms with van der Waals surface area (Å²) in [7, 11) is 0. The number of nitrogens with one attached hydrogen (secondary N) is 2. The van der Waals surface area contributed by atoms with E-state index in [1.54, 1.807) is 0 Å². The summed E-state index contributed by atoms with van der Waals surface area (Å²) in [6.45, 7) is 3.31. The second-order valence-electron chi connectivity index (χ2n) is 7.26. The van der Waals surface area contributed by atoms with E-state index in [4.69, 9.17) is 5.11 Å². The molecule has 3 aromatic rings. The number of benzene rings is 1. The van der Waals surface area contributed by atoms with Crippen molar-refractivity contribution in [3.05, 3.63) is 69.8 Å². The number of halogens is 1. The Kier molecular flexibility index (Phi) is 5.02. The maximum atomic E-state index is 14.7. The van der Waals surface area contributed by atoms with Crippen LogP contribution in [0.2, 0.25) is 0 Å². The summed E-state index contributed by atoms with van der Waals surface area (Å²) in [4.78, 5) is 32.1. The quantitative estimate of drug-likeness (QED) is 0.613. The zero-order valence-corrected chi connectivity index (χ0v) is 15.9. The summed E-state index contributed by atoms with van der Waals surface area (Å²) in [5, 5.41) is 12.5. The molecule has 0 spiro atoms. The topological polar surface area (TPSA) is 98.3 Å². The highest BCUT2D eigenvalue weighted by molar-refractivity contribution is 5.91. The van der Waals surface area contributed by atoms with Gasteiger partial charge in [0.25, 0.3) is 0 Å². The first-order valence-corrected chi connectivity index (χ1v) is 9.45. The summed E-state index contributed by atoms with van der Waals surface area (Å²) in [5.74, 6) is -1.84. The first-order valence-electron chi connectivity index (χ1n) is 9.45. The summed E-state index contributed by atoms with van der Waals surface area (Å²) >= 11 is 0. The molecular formula is C21H21FN4O3. The second-order valence-corrected chi connectivity index (χ2v) is 7.26. The van der Waals surface area contributed by atoms with Crippen molar-refractivity contribution in [1.82, 2.24) is 15.3 Å². The molecule has 0 amide bonds. The zero-order chi connectivity index (χ0) is 20.5. The number of carboxylic acids is 1. The summed E-state index contributed by atoms with van der Waals surface area (Å²) in [6.07, 6.45) is 1.93.